The smallest absolute Gasteiger partial charge is 0.130 e. The summed E-state index contributed by atoms with van der Waals surface area (Å²) in [6.07, 6.45) is 0. The second-order valence-corrected chi connectivity index (χ2v) is 3.34. The Balaban J connectivity index is 3.25. The third-order valence-corrected chi connectivity index (χ3v) is 2.62. The Hall–Kier alpha value is -0.960. The third-order valence-electron chi connectivity index (χ3n) is 1.94. The van der Waals surface area contributed by atoms with Gasteiger partial charge in [-0.15, -0.1) is 0 Å². The minimum absolute atomic E-state index is 0.698. The van der Waals surface area contributed by atoms with Crippen LogP contribution in [0.1, 0.15) is 5.56 Å². The van der Waals surface area contributed by atoms with Crippen molar-refractivity contribution in [1.82, 2.24) is 0 Å². The molecule has 0 saturated carbocycles. The summed E-state index contributed by atoms with van der Waals surface area (Å²) in [5, 5.41) is 0.698. The fourth-order valence-electron chi connectivity index (χ4n) is 1.27. The Morgan fingerprint density at radius 1 is 1.29 bits per heavy atom. The Kier molecular flexibility index (Phi) is 4.01. The second kappa shape index (κ2) is 5.05. The van der Waals surface area contributed by atoms with Gasteiger partial charge in [0.2, 0.25) is 0 Å². The van der Waals surface area contributed by atoms with Crippen LogP contribution in [0.3, 0.4) is 0 Å². The maximum Gasteiger partial charge on any atom is 0.130 e. The molecule has 0 unspecified atom stereocenters. The van der Waals surface area contributed by atoms with Gasteiger partial charge in [0.05, 0.1) is 19.8 Å². The molecule has 0 heterocycles. The summed E-state index contributed by atoms with van der Waals surface area (Å²) < 4.78 is 10.5. The molecular formula is C11H13BrO2. The summed E-state index contributed by atoms with van der Waals surface area (Å²) >= 11 is 3.37. The van der Waals surface area contributed by atoms with Gasteiger partial charge in [-0.3, -0.25) is 0 Å². The van der Waals surface area contributed by atoms with Crippen molar-refractivity contribution in [3.8, 4) is 11.5 Å². The standard InChI is InChI=1S/C11H13BrO2/c1-8(7-12)11-9(13-2)5-4-6-10(11)14-3/h4-6H,1,7H2,2-3H3. The zero-order chi connectivity index (χ0) is 10.6. The Labute approximate surface area is 92.7 Å². The van der Waals surface area contributed by atoms with E-state index >= 15 is 0 Å². The van der Waals surface area contributed by atoms with Gasteiger partial charge in [0, 0.05) is 5.33 Å². The highest BCUT2D eigenvalue weighted by Gasteiger charge is 2.11. The van der Waals surface area contributed by atoms with E-state index in [1.54, 1.807) is 14.2 Å². The summed E-state index contributed by atoms with van der Waals surface area (Å²) in [4.78, 5) is 0. The lowest BCUT2D eigenvalue weighted by atomic mass is 10.1. The Bertz CT molecular complexity index is 312. The number of ether oxygens (including phenoxy) is 2. The molecule has 0 fully saturated rings. The van der Waals surface area contributed by atoms with Gasteiger partial charge in [-0.2, -0.15) is 0 Å². The van der Waals surface area contributed by atoms with Gasteiger partial charge < -0.3 is 9.47 Å². The van der Waals surface area contributed by atoms with Crippen LogP contribution < -0.4 is 9.47 Å². The summed E-state index contributed by atoms with van der Waals surface area (Å²) in [6.45, 7) is 3.95. The number of methoxy groups -OCH3 is 2. The third kappa shape index (κ3) is 2.10. The number of rotatable bonds is 4. The molecule has 0 aliphatic heterocycles. The van der Waals surface area contributed by atoms with E-state index in [4.69, 9.17) is 9.47 Å². The summed E-state index contributed by atoms with van der Waals surface area (Å²) in [6, 6.07) is 5.68. The fourth-order valence-corrected chi connectivity index (χ4v) is 1.55. The molecule has 1 aromatic carbocycles. The molecule has 2 nitrogen and oxygen atoms in total. The quantitative estimate of drug-likeness (QED) is 0.771. The molecule has 0 bridgehead atoms. The van der Waals surface area contributed by atoms with Crippen molar-refractivity contribution >= 4 is 21.5 Å². The van der Waals surface area contributed by atoms with Crippen LogP contribution in [0.4, 0.5) is 0 Å². The van der Waals surface area contributed by atoms with Crippen molar-refractivity contribution in [1.29, 1.82) is 0 Å². The first-order valence-corrected chi connectivity index (χ1v) is 5.31. The molecule has 14 heavy (non-hydrogen) atoms. The van der Waals surface area contributed by atoms with E-state index in [1.165, 1.54) is 0 Å². The molecular weight excluding hydrogens is 244 g/mol. The van der Waals surface area contributed by atoms with E-state index in [0.29, 0.717) is 5.33 Å². The monoisotopic (exact) mass is 256 g/mol. The van der Waals surface area contributed by atoms with Crippen molar-refractivity contribution in [2.75, 3.05) is 19.5 Å². The number of halogens is 1. The molecule has 0 spiro atoms. The molecule has 0 saturated heterocycles. The van der Waals surface area contributed by atoms with Crippen molar-refractivity contribution in [3.63, 3.8) is 0 Å². The van der Waals surface area contributed by atoms with Gasteiger partial charge in [0.25, 0.3) is 0 Å². The van der Waals surface area contributed by atoms with Gasteiger partial charge >= 0.3 is 0 Å². The maximum absolute atomic E-state index is 5.25. The molecule has 0 amide bonds. The van der Waals surface area contributed by atoms with Crippen LogP contribution in [0.15, 0.2) is 24.8 Å². The molecule has 0 N–H and O–H groups in total. The molecule has 0 atom stereocenters. The zero-order valence-corrected chi connectivity index (χ0v) is 9.93. The number of hydrogen-bond donors (Lipinski definition) is 0. The van der Waals surface area contributed by atoms with Crippen LogP contribution in [-0.4, -0.2) is 19.5 Å². The van der Waals surface area contributed by atoms with Crippen LogP contribution in [0.2, 0.25) is 0 Å². The largest absolute Gasteiger partial charge is 0.496 e. The van der Waals surface area contributed by atoms with E-state index < -0.39 is 0 Å². The topological polar surface area (TPSA) is 18.5 Å². The Morgan fingerprint density at radius 2 is 1.79 bits per heavy atom. The average Bonchev–Trinajstić information content (AvgIpc) is 2.26. The van der Waals surface area contributed by atoms with Gasteiger partial charge in [0.15, 0.2) is 0 Å². The van der Waals surface area contributed by atoms with Crippen LogP contribution in [0, 0.1) is 0 Å². The summed E-state index contributed by atoms with van der Waals surface area (Å²) in [5.74, 6) is 1.57. The number of allylic oxidation sites excluding steroid dienone is 1. The molecule has 1 aromatic rings. The first-order chi connectivity index (χ1) is 6.74. The summed E-state index contributed by atoms with van der Waals surface area (Å²) in [7, 11) is 3.28. The molecule has 0 aromatic heterocycles. The first kappa shape index (κ1) is 11.1. The first-order valence-electron chi connectivity index (χ1n) is 4.19. The molecule has 1 rings (SSSR count). The van der Waals surface area contributed by atoms with E-state index in [2.05, 4.69) is 22.5 Å². The minimum atomic E-state index is 0.698. The van der Waals surface area contributed by atoms with E-state index in [1.807, 2.05) is 18.2 Å². The van der Waals surface area contributed by atoms with Gasteiger partial charge in [-0.05, 0) is 17.7 Å². The molecule has 76 valence electrons. The molecule has 0 aliphatic rings. The van der Waals surface area contributed by atoms with Crippen LogP contribution >= 0.6 is 15.9 Å². The number of hydrogen-bond acceptors (Lipinski definition) is 2. The van der Waals surface area contributed by atoms with Gasteiger partial charge in [0.1, 0.15) is 11.5 Å². The maximum atomic E-state index is 5.25. The SMILES string of the molecule is C=C(CBr)c1c(OC)cccc1OC. The minimum Gasteiger partial charge on any atom is -0.496 e. The number of benzene rings is 1. The fraction of sp³-hybridized carbons (Fsp3) is 0.273. The number of alkyl halides is 1. The predicted molar refractivity (Wildman–Crippen MR) is 62.4 cm³/mol. The highest BCUT2D eigenvalue weighted by atomic mass is 79.9. The lowest BCUT2D eigenvalue weighted by Gasteiger charge is -2.13. The highest BCUT2D eigenvalue weighted by Crippen LogP contribution is 2.34. The second-order valence-electron chi connectivity index (χ2n) is 2.77. The van der Waals surface area contributed by atoms with Crippen LogP contribution in [0.5, 0.6) is 11.5 Å². The lowest BCUT2D eigenvalue weighted by Crippen LogP contribution is -1.96. The van der Waals surface area contributed by atoms with E-state index in [0.717, 1.165) is 22.6 Å². The van der Waals surface area contributed by atoms with Crippen molar-refractivity contribution in [2.24, 2.45) is 0 Å². The predicted octanol–water partition coefficient (Wildman–Crippen LogP) is 3.11. The van der Waals surface area contributed by atoms with Crippen molar-refractivity contribution in [2.45, 2.75) is 0 Å². The van der Waals surface area contributed by atoms with E-state index in [-0.39, 0.29) is 0 Å². The van der Waals surface area contributed by atoms with Gasteiger partial charge in [-0.25, -0.2) is 0 Å². The van der Waals surface area contributed by atoms with Crippen molar-refractivity contribution in [3.05, 3.63) is 30.3 Å². The summed E-state index contributed by atoms with van der Waals surface area (Å²) in [5.41, 5.74) is 1.87. The zero-order valence-electron chi connectivity index (χ0n) is 8.34. The Morgan fingerprint density at radius 3 is 2.14 bits per heavy atom. The molecule has 0 radical (unpaired) electrons. The van der Waals surface area contributed by atoms with E-state index in [9.17, 15) is 0 Å². The van der Waals surface area contributed by atoms with Crippen LogP contribution in [-0.2, 0) is 0 Å². The molecule has 3 heteroatoms. The van der Waals surface area contributed by atoms with Crippen molar-refractivity contribution < 1.29 is 9.47 Å². The van der Waals surface area contributed by atoms with Crippen LogP contribution in [0.25, 0.3) is 5.57 Å². The lowest BCUT2D eigenvalue weighted by molar-refractivity contribution is 0.392. The highest BCUT2D eigenvalue weighted by molar-refractivity contribution is 9.09. The molecule has 0 aliphatic carbocycles. The normalized spacial score (nSPS) is 9.64. The van der Waals surface area contributed by atoms with Gasteiger partial charge in [-0.1, -0.05) is 28.6 Å². The average molecular weight is 257 g/mol.